The van der Waals surface area contributed by atoms with Gasteiger partial charge in [0, 0.05) is 0 Å². The molecule has 0 saturated carbocycles. The van der Waals surface area contributed by atoms with E-state index in [2.05, 4.69) is 19.8 Å². The van der Waals surface area contributed by atoms with Crippen LogP contribution in [0.4, 0.5) is 0 Å². The first-order valence-corrected chi connectivity index (χ1v) is 5.72. The van der Waals surface area contributed by atoms with Crippen LogP contribution in [0.15, 0.2) is 10.3 Å². The van der Waals surface area contributed by atoms with E-state index in [4.69, 9.17) is 10.4 Å². The number of carbonyl (C=O) groups excluding carboxylic acids is 2. The molecule has 0 aromatic carbocycles. The number of carbonyl (C=O) groups is 2. The maximum atomic E-state index is 11.3. The zero-order valence-electron chi connectivity index (χ0n) is 10.9. The van der Waals surface area contributed by atoms with Gasteiger partial charge in [0.1, 0.15) is 12.1 Å². The van der Waals surface area contributed by atoms with Crippen LogP contribution in [0.3, 0.4) is 0 Å². The van der Waals surface area contributed by atoms with E-state index in [9.17, 15) is 9.59 Å². The highest BCUT2D eigenvalue weighted by atomic mass is 16.5. The van der Waals surface area contributed by atoms with Gasteiger partial charge in [0.05, 0.1) is 27.3 Å². The summed E-state index contributed by atoms with van der Waals surface area (Å²) < 4.78 is 9.12. The van der Waals surface area contributed by atoms with E-state index in [0.29, 0.717) is 0 Å². The number of ether oxygens (including phenoxy) is 2. The zero-order chi connectivity index (χ0) is 14.9. The Kier molecular flexibility index (Phi) is 3.63. The summed E-state index contributed by atoms with van der Waals surface area (Å²) >= 11 is 0. The summed E-state index contributed by atoms with van der Waals surface area (Å²) in [5.74, 6) is -1.18. The predicted octanol–water partition coefficient (Wildman–Crippen LogP) is -1.72. The van der Waals surface area contributed by atoms with Gasteiger partial charge in [0.25, 0.3) is 0 Å². The summed E-state index contributed by atoms with van der Waals surface area (Å²) in [5.41, 5.74) is 0. The molecule has 0 aromatic rings. The van der Waals surface area contributed by atoms with Crippen molar-refractivity contribution in [3.8, 4) is 0 Å². The van der Waals surface area contributed by atoms with Crippen LogP contribution in [0.1, 0.15) is 0 Å². The molecule has 0 amide bonds. The van der Waals surface area contributed by atoms with Gasteiger partial charge in [-0.1, -0.05) is 10.3 Å². The minimum atomic E-state index is -0.584. The average Bonchev–Trinajstić information content (AvgIpc) is 3.35. The van der Waals surface area contributed by atoms with Crippen LogP contribution in [-0.2, 0) is 19.1 Å². The van der Waals surface area contributed by atoms with Crippen LogP contribution in [0, 0.1) is 0 Å². The molecular formula is C10H14N4O6. The maximum absolute atomic E-state index is 11.3. The first-order chi connectivity index (χ1) is 9.58. The van der Waals surface area contributed by atoms with Crippen molar-refractivity contribution in [2.75, 3.05) is 27.3 Å². The Morgan fingerprint density at radius 1 is 0.950 bits per heavy atom. The summed E-state index contributed by atoms with van der Waals surface area (Å²) in [6.07, 6.45) is 0. The molecule has 110 valence electrons. The van der Waals surface area contributed by atoms with Gasteiger partial charge in [0.15, 0.2) is 0 Å². The first-order valence-electron chi connectivity index (χ1n) is 5.72. The van der Waals surface area contributed by atoms with Gasteiger partial charge in [0.2, 0.25) is 11.7 Å². The average molecular weight is 286 g/mol. The quantitative estimate of drug-likeness (QED) is 0.153. The Morgan fingerprint density at radius 2 is 1.30 bits per heavy atom. The van der Waals surface area contributed by atoms with Crippen LogP contribution in [0.2, 0.25) is 0 Å². The van der Waals surface area contributed by atoms with Crippen LogP contribution >= 0.6 is 0 Å². The fraction of sp³-hybridized carbons (Fsp3) is 0.600. The van der Waals surface area contributed by atoms with Crippen molar-refractivity contribution in [3.05, 3.63) is 0 Å². The molecular weight excluding hydrogens is 272 g/mol. The molecule has 10 heteroatoms. The van der Waals surface area contributed by atoms with Gasteiger partial charge in [-0.3, -0.25) is 0 Å². The number of amidine groups is 2. The number of hydrogen-bond acceptors (Lipinski definition) is 8. The van der Waals surface area contributed by atoms with Gasteiger partial charge < -0.3 is 29.7 Å². The topological polar surface area (TPSA) is 124 Å². The Morgan fingerprint density at radius 3 is 1.55 bits per heavy atom. The summed E-state index contributed by atoms with van der Waals surface area (Å²) in [5, 5.41) is 24.1. The number of esters is 2. The zero-order valence-corrected chi connectivity index (χ0v) is 10.9. The van der Waals surface area contributed by atoms with Crippen molar-refractivity contribution < 1.29 is 29.5 Å². The summed E-state index contributed by atoms with van der Waals surface area (Å²) in [4.78, 5) is 25.4. The van der Waals surface area contributed by atoms with Crippen molar-refractivity contribution >= 4 is 23.6 Å². The van der Waals surface area contributed by atoms with E-state index in [-0.39, 0.29) is 24.8 Å². The van der Waals surface area contributed by atoms with Crippen molar-refractivity contribution in [2.24, 2.45) is 10.3 Å². The van der Waals surface area contributed by atoms with Crippen LogP contribution in [0.25, 0.3) is 0 Å². The highest BCUT2D eigenvalue weighted by molar-refractivity contribution is 6.42. The summed E-state index contributed by atoms with van der Waals surface area (Å²) in [6.45, 7) is 0.559. The molecule has 2 unspecified atom stereocenters. The third-order valence-corrected chi connectivity index (χ3v) is 3.10. The summed E-state index contributed by atoms with van der Waals surface area (Å²) in [6, 6.07) is -1.17. The van der Waals surface area contributed by atoms with Gasteiger partial charge in [-0.25, -0.2) is 9.59 Å². The minimum absolute atomic E-state index is 0.102. The largest absolute Gasteiger partial charge is 0.467 e. The molecule has 0 bridgehead atoms. The predicted molar refractivity (Wildman–Crippen MR) is 63.5 cm³/mol. The molecule has 2 N–H and O–H groups in total. The molecule has 20 heavy (non-hydrogen) atoms. The lowest BCUT2D eigenvalue weighted by molar-refractivity contribution is -0.141. The highest BCUT2D eigenvalue weighted by Gasteiger charge is 2.52. The fourth-order valence-corrected chi connectivity index (χ4v) is 1.88. The van der Waals surface area contributed by atoms with Crippen molar-refractivity contribution in [3.63, 3.8) is 0 Å². The second-order valence-electron chi connectivity index (χ2n) is 4.23. The maximum Gasteiger partial charge on any atom is 0.330 e. The Bertz CT molecular complexity index is 446. The lowest BCUT2D eigenvalue weighted by Gasteiger charge is -2.10. The third-order valence-electron chi connectivity index (χ3n) is 3.10. The van der Waals surface area contributed by atoms with Gasteiger partial charge in [-0.05, 0) is 0 Å². The van der Waals surface area contributed by atoms with Crippen molar-refractivity contribution in [1.82, 2.24) is 9.80 Å². The van der Waals surface area contributed by atoms with Crippen LogP contribution in [0.5, 0.6) is 0 Å². The molecule has 2 heterocycles. The number of rotatable bonds is 2. The van der Waals surface area contributed by atoms with E-state index in [1.807, 2.05) is 0 Å². The lowest BCUT2D eigenvalue weighted by atomic mass is 10.4. The van der Waals surface area contributed by atoms with E-state index >= 15 is 0 Å². The van der Waals surface area contributed by atoms with Gasteiger partial charge in [-0.15, -0.1) is 0 Å². The molecule has 0 radical (unpaired) electrons. The molecule has 2 aliphatic heterocycles. The van der Waals surface area contributed by atoms with Gasteiger partial charge in [-0.2, -0.15) is 0 Å². The first kappa shape index (κ1) is 13.9. The second kappa shape index (κ2) is 5.23. The number of methoxy groups -OCH3 is 2. The molecule has 0 aliphatic carbocycles. The van der Waals surface area contributed by atoms with Crippen molar-refractivity contribution in [2.45, 2.75) is 12.1 Å². The lowest BCUT2D eigenvalue weighted by Crippen LogP contribution is -2.34. The van der Waals surface area contributed by atoms with Gasteiger partial charge >= 0.3 is 11.9 Å². The number of oxime groups is 2. The Hall–Kier alpha value is -2.52. The highest BCUT2D eigenvalue weighted by Crippen LogP contribution is 2.26. The molecule has 0 spiro atoms. The Labute approximate surface area is 113 Å². The van der Waals surface area contributed by atoms with E-state index in [1.54, 1.807) is 0 Å². The van der Waals surface area contributed by atoms with E-state index < -0.39 is 24.0 Å². The minimum Gasteiger partial charge on any atom is -0.467 e. The second-order valence-corrected chi connectivity index (χ2v) is 4.23. The number of nitrogens with zero attached hydrogens (tertiary/aromatic N) is 4. The molecule has 2 aliphatic rings. The Balaban J connectivity index is 2.05. The molecule has 2 saturated heterocycles. The molecule has 2 rings (SSSR count). The normalized spacial score (nSPS) is 25.3. The SMILES string of the molecule is COC(=O)C1CN1C(=N\O)/C(=N/O)N1CC1C(=O)OC. The van der Waals surface area contributed by atoms with E-state index in [0.717, 1.165) is 0 Å². The fourth-order valence-electron chi connectivity index (χ4n) is 1.88. The van der Waals surface area contributed by atoms with Crippen LogP contribution < -0.4 is 0 Å². The molecule has 0 aromatic heterocycles. The van der Waals surface area contributed by atoms with E-state index in [1.165, 1.54) is 24.0 Å². The smallest absolute Gasteiger partial charge is 0.330 e. The summed E-state index contributed by atoms with van der Waals surface area (Å²) in [7, 11) is 2.49. The number of hydrogen-bond donors (Lipinski definition) is 2. The molecule has 2 fully saturated rings. The van der Waals surface area contributed by atoms with Crippen LogP contribution in [-0.4, -0.2) is 83.2 Å². The van der Waals surface area contributed by atoms with Crippen molar-refractivity contribution in [1.29, 1.82) is 0 Å². The molecule has 10 nitrogen and oxygen atoms in total. The molecule has 2 atom stereocenters. The standard InChI is InChI=1S/C10H14N4O6/c1-19-9(15)5-3-13(5)7(11-17)8(12-18)14-4-6(14)10(16)20-2/h5-6,17-18H,3-4H2,1-2H3/b11-7-,12-8-. The monoisotopic (exact) mass is 286 g/mol. The third kappa shape index (κ3) is 2.31.